The highest BCUT2D eigenvalue weighted by Crippen LogP contribution is 2.23. The summed E-state index contributed by atoms with van der Waals surface area (Å²) in [4.78, 5) is 13.3. The first kappa shape index (κ1) is 13.1. The Bertz CT molecular complexity index is 703. The second-order valence-corrected chi connectivity index (χ2v) is 5.93. The highest BCUT2D eigenvalue weighted by Gasteiger charge is 2.05. The van der Waals surface area contributed by atoms with E-state index in [0.717, 1.165) is 33.7 Å². The quantitative estimate of drug-likeness (QED) is 0.799. The lowest BCUT2D eigenvalue weighted by molar-refractivity contribution is 0.587. The van der Waals surface area contributed by atoms with Gasteiger partial charge < -0.3 is 5.32 Å². The van der Waals surface area contributed by atoms with Gasteiger partial charge in [0.1, 0.15) is 0 Å². The molecule has 3 aromatic rings. The third-order valence-corrected chi connectivity index (χ3v) is 3.83. The van der Waals surface area contributed by atoms with Crippen LogP contribution < -0.4 is 5.32 Å². The van der Waals surface area contributed by atoms with E-state index in [9.17, 15) is 0 Å². The van der Waals surface area contributed by atoms with Gasteiger partial charge in [0.2, 0.25) is 0 Å². The summed E-state index contributed by atoms with van der Waals surface area (Å²) in [7, 11) is 0. The summed E-state index contributed by atoms with van der Waals surface area (Å²) in [5.74, 6) is 0.723. The summed E-state index contributed by atoms with van der Waals surface area (Å²) < 4.78 is 1.16. The van der Waals surface area contributed by atoms with Crippen LogP contribution in [0.3, 0.4) is 0 Å². The SMILES string of the molecule is CC(C)NCc1cnc(-c2cnc3ccsc3c2)nc1. The van der Waals surface area contributed by atoms with E-state index in [-0.39, 0.29) is 0 Å². The highest BCUT2D eigenvalue weighted by atomic mass is 32.1. The zero-order valence-corrected chi connectivity index (χ0v) is 12.3. The molecule has 0 aliphatic heterocycles. The fourth-order valence-corrected chi connectivity index (χ4v) is 2.67. The summed E-state index contributed by atoms with van der Waals surface area (Å²) in [5.41, 5.74) is 3.08. The molecule has 0 unspecified atom stereocenters. The molecule has 0 amide bonds. The number of nitrogens with one attached hydrogen (secondary N) is 1. The van der Waals surface area contributed by atoms with Crippen molar-refractivity contribution in [1.29, 1.82) is 0 Å². The molecule has 0 saturated carbocycles. The van der Waals surface area contributed by atoms with Gasteiger partial charge >= 0.3 is 0 Å². The maximum absolute atomic E-state index is 4.43. The van der Waals surface area contributed by atoms with E-state index < -0.39 is 0 Å². The van der Waals surface area contributed by atoms with Crippen LogP contribution in [0.2, 0.25) is 0 Å². The van der Waals surface area contributed by atoms with Crippen LogP contribution >= 0.6 is 11.3 Å². The van der Waals surface area contributed by atoms with Crippen LogP contribution in [0.4, 0.5) is 0 Å². The third-order valence-electron chi connectivity index (χ3n) is 2.98. The Balaban J connectivity index is 1.82. The molecule has 0 saturated heterocycles. The minimum atomic E-state index is 0.458. The Morgan fingerprint density at radius 2 is 1.95 bits per heavy atom. The van der Waals surface area contributed by atoms with Crippen molar-refractivity contribution in [1.82, 2.24) is 20.3 Å². The molecular weight excluding hydrogens is 268 g/mol. The molecule has 0 aliphatic carbocycles. The van der Waals surface area contributed by atoms with Crippen molar-refractivity contribution in [2.24, 2.45) is 0 Å². The fourth-order valence-electron chi connectivity index (χ4n) is 1.89. The van der Waals surface area contributed by atoms with Gasteiger partial charge in [-0.05, 0) is 17.5 Å². The van der Waals surface area contributed by atoms with Gasteiger partial charge in [-0.3, -0.25) is 4.98 Å². The number of hydrogen-bond acceptors (Lipinski definition) is 5. The molecule has 0 aromatic carbocycles. The Morgan fingerprint density at radius 3 is 2.70 bits per heavy atom. The molecule has 0 bridgehead atoms. The number of hydrogen-bond donors (Lipinski definition) is 1. The number of rotatable bonds is 4. The van der Waals surface area contributed by atoms with Crippen molar-refractivity contribution >= 4 is 21.6 Å². The zero-order valence-electron chi connectivity index (χ0n) is 11.5. The lowest BCUT2D eigenvalue weighted by Gasteiger charge is -2.07. The number of fused-ring (bicyclic) bond motifs is 1. The highest BCUT2D eigenvalue weighted by molar-refractivity contribution is 7.17. The Hall–Kier alpha value is -1.85. The number of nitrogens with zero attached hydrogens (tertiary/aromatic N) is 3. The zero-order chi connectivity index (χ0) is 13.9. The normalized spacial score (nSPS) is 11.3. The Morgan fingerprint density at radius 1 is 1.15 bits per heavy atom. The third kappa shape index (κ3) is 2.84. The van der Waals surface area contributed by atoms with Crippen molar-refractivity contribution in [3.63, 3.8) is 0 Å². The van der Waals surface area contributed by atoms with Crippen molar-refractivity contribution in [3.05, 3.63) is 41.7 Å². The van der Waals surface area contributed by atoms with Gasteiger partial charge in [0.15, 0.2) is 5.82 Å². The minimum absolute atomic E-state index is 0.458. The maximum Gasteiger partial charge on any atom is 0.160 e. The molecule has 0 fully saturated rings. The van der Waals surface area contributed by atoms with E-state index in [1.54, 1.807) is 11.3 Å². The minimum Gasteiger partial charge on any atom is -0.310 e. The van der Waals surface area contributed by atoms with E-state index >= 15 is 0 Å². The first-order chi connectivity index (χ1) is 9.72. The van der Waals surface area contributed by atoms with Gasteiger partial charge in [0.25, 0.3) is 0 Å². The molecule has 20 heavy (non-hydrogen) atoms. The standard InChI is InChI=1S/C15H16N4S/c1-10(2)16-6-11-7-18-15(19-8-11)12-5-14-13(17-9-12)3-4-20-14/h3-5,7-10,16H,6H2,1-2H3. The van der Waals surface area contributed by atoms with Crippen LogP contribution in [-0.2, 0) is 6.54 Å². The summed E-state index contributed by atoms with van der Waals surface area (Å²) in [6.45, 7) is 5.04. The molecule has 3 rings (SSSR count). The predicted molar refractivity (Wildman–Crippen MR) is 82.6 cm³/mol. The fraction of sp³-hybridized carbons (Fsp3) is 0.267. The van der Waals surface area contributed by atoms with Crippen molar-refractivity contribution in [2.75, 3.05) is 0 Å². The Labute approximate surface area is 121 Å². The average Bonchev–Trinajstić information content (AvgIpc) is 2.93. The van der Waals surface area contributed by atoms with Crippen molar-refractivity contribution < 1.29 is 0 Å². The molecule has 4 nitrogen and oxygen atoms in total. The van der Waals surface area contributed by atoms with E-state index in [1.165, 1.54) is 0 Å². The summed E-state index contributed by atoms with van der Waals surface area (Å²) in [6.07, 6.45) is 5.57. The molecule has 0 aliphatic rings. The lowest BCUT2D eigenvalue weighted by atomic mass is 10.2. The van der Waals surface area contributed by atoms with Gasteiger partial charge in [-0.15, -0.1) is 11.3 Å². The van der Waals surface area contributed by atoms with Gasteiger partial charge in [-0.2, -0.15) is 0 Å². The van der Waals surface area contributed by atoms with E-state index in [4.69, 9.17) is 0 Å². The molecule has 3 heterocycles. The van der Waals surface area contributed by atoms with Crippen LogP contribution in [-0.4, -0.2) is 21.0 Å². The molecule has 0 atom stereocenters. The van der Waals surface area contributed by atoms with Crippen LogP contribution in [0.15, 0.2) is 36.1 Å². The Kier molecular flexibility index (Phi) is 3.71. The molecule has 0 spiro atoms. The lowest BCUT2D eigenvalue weighted by Crippen LogP contribution is -2.21. The molecular formula is C15H16N4S. The number of thiophene rings is 1. The van der Waals surface area contributed by atoms with Crippen LogP contribution in [0.5, 0.6) is 0 Å². The van der Waals surface area contributed by atoms with Crippen LogP contribution in [0.25, 0.3) is 21.6 Å². The van der Waals surface area contributed by atoms with Crippen molar-refractivity contribution in [3.8, 4) is 11.4 Å². The maximum atomic E-state index is 4.43. The molecule has 102 valence electrons. The van der Waals surface area contributed by atoms with Gasteiger partial charge in [-0.25, -0.2) is 9.97 Å². The second-order valence-electron chi connectivity index (χ2n) is 4.98. The summed E-state index contributed by atoms with van der Waals surface area (Å²) in [5, 5.41) is 5.40. The van der Waals surface area contributed by atoms with Crippen molar-refractivity contribution in [2.45, 2.75) is 26.4 Å². The van der Waals surface area contributed by atoms with Crippen LogP contribution in [0.1, 0.15) is 19.4 Å². The molecule has 0 radical (unpaired) electrons. The van der Waals surface area contributed by atoms with E-state index in [0.29, 0.717) is 6.04 Å². The van der Waals surface area contributed by atoms with E-state index in [2.05, 4.69) is 40.2 Å². The van der Waals surface area contributed by atoms with Gasteiger partial charge in [0.05, 0.1) is 10.2 Å². The summed E-state index contributed by atoms with van der Waals surface area (Å²) in [6, 6.07) is 4.57. The predicted octanol–water partition coefficient (Wildman–Crippen LogP) is 3.25. The summed E-state index contributed by atoms with van der Waals surface area (Å²) >= 11 is 1.68. The smallest absolute Gasteiger partial charge is 0.160 e. The molecule has 1 N–H and O–H groups in total. The van der Waals surface area contributed by atoms with Gasteiger partial charge in [0, 0.05) is 42.3 Å². The first-order valence-electron chi connectivity index (χ1n) is 6.60. The first-order valence-corrected chi connectivity index (χ1v) is 7.48. The van der Waals surface area contributed by atoms with E-state index in [1.807, 2.05) is 30.0 Å². The van der Waals surface area contributed by atoms with Gasteiger partial charge in [-0.1, -0.05) is 13.8 Å². The van der Waals surface area contributed by atoms with Crippen LogP contribution in [0, 0.1) is 0 Å². The largest absolute Gasteiger partial charge is 0.310 e. The molecule has 3 aromatic heterocycles. The topological polar surface area (TPSA) is 50.7 Å². The average molecular weight is 284 g/mol. The number of aromatic nitrogens is 3. The molecule has 5 heteroatoms. The second kappa shape index (κ2) is 5.64. The monoisotopic (exact) mass is 284 g/mol. The number of pyridine rings is 1.